The minimum atomic E-state index is -5.08. The number of amides is 1. The van der Waals surface area contributed by atoms with E-state index in [1.165, 1.54) is 0 Å². The van der Waals surface area contributed by atoms with Gasteiger partial charge in [-0.05, 0) is 44.9 Å². The summed E-state index contributed by atoms with van der Waals surface area (Å²) in [5.74, 6) is -5.19. The molecule has 0 radical (unpaired) electrons. The highest BCUT2D eigenvalue weighted by molar-refractivity contribution is 5.85. The van der Waals surface area contributed by atoms with Crippen LogP contribution < -0.4 is 0 Å². The fourth-order valence-electron chi connectivity index (χ4n) is 3.94. The van der Waals surface area contributed by atoms with Gasteiger partial charge in [-0.1, -0.05) is 6.07 Å². The number of methoxy groups -OCH3 is 1. The monoisotopic (exact) mass is 545 g/mol. The maximum atomic E-state index is 13.0. The van der Waals surface area contributed by atoms with Crippen LogP contribution in [0.1, 0.15) is 30.7 Å². The van der Waals surface area contributed by atoms with Crippen molar-refractivity contribution in [3.05, 3.63) is 29.6 Å². The van der Waals surface area contributed by atoms with Gasteiger partial charge in [-0.15, -0.1) is 0 Å². The van der Waals surface area contributed by atoms with E-state index in [1.54, 1.807) is 7.11 Å². The van der Waals surface area contributed by atoms with Crippen molar-refractivity contribution in [3.63, 3.8) is 0 Å². The van der Waals surface area contributed by atoms with Gasteiger partial charge in [0, 0.05) is 32.4 Å². The maximum absolute atomic E-state index is 13.0. The summed E-state index contributed by atoms with van der Waals surface area (Å²) in [6.45, 7) is 7.11. The Hall–Kier alpha value is -2.94. The molecule has 1 unspecified atom stereocenters. The van der Waals surface area contributed by atoms with Gasteiger partial charge in [-0.2, -0.15) is 26.3 Å². The van der Waals surface area contributed by atoms with Gasteiger partial charge in [0.05, 0.1) is 24.3 Å². The Balaban J connectivity index is 0.000000404. The van der Waals surface area contributed by atoms with Crippen molar-refractivity contribution in [3.8, 4) is 0 Å². The van der Waals surface area contributed by atoms with Crippen LogP contribution in [0.5, 0.6) is 0 Å². The average molecular weight is 545 g/mol. The number of halogens is 6. The van der Waals surface area contributed by atoms with E-state index in [1.807, 2.05) is 30.0 Å². The molecule has 0 aromatic carbocycles. The average Bonchev–Trinajstić information content (AvgIpc) is 3.07. The van der Waals surface area contributed by atoms with Gasteiger partial charge in [0.25, 0.3) is 0 Å². The number of hydrogen-bond acceptors (Lipinski definition) is 6. The molecule has 3 rings (SSSR count). The number of carboxylic acids is 2. The zero-order valence-corrected chi connectivity index (χ0v) is 20.2. The van der Waals surface area contributed by atoms with Crippen LogP contribution in [0.25, 0.3) is 0 Å². The summed E-state index contributed by atoms with van der Waals surface area (Å²) >= 11 is 0. The predicted octanol–water partition coefficient (Wildman–Crippen LogP) is 3.12. The van der Waals surface area contributed by atoms with Gasteiger partial charge in [-0.25, -0.2) is 9.59 Å². The largest absolute Gasteiger partial charge is 0.490 e. The summed E-state index contributed by atoms with van der Waals surface area (Å²) in [5.41, 5.74) is 1.82. The summed E-state index contributed by atoms with van der Waals surface area (Å²) in [5, 5.41) is 14.2. The van der Waals surface area contributed by atoms with Crippen molar-refractivity contribution < 1.29 is 55.7 Å². The second-order valence-electron chi connectivity index (χ2n) is 8.51. The van der Waals surface area contributed by atoms with E-state index >= 15 is 0 Å². The molecule has 1 spiro atoms. The quantitative estimate of drug-likeness (QED) is 0.542. The van der Waals surface area contributed by atoms with E-state index in [0.717, 1.165) is 63.4 Å². The van der Waals surface area contributed by atoms with Crippen molar-refractivity contribution in [1.29, 1.82) is 0 Å². The zero-order valence-electron chi connectivity index (χ0n) is 20.2. The van der Waals surface area contributed by atoms with Gasteiger partial charge in [0.2, 0.25) is 5.91 Å². The SMILES string of the molecule is COCCN1CCCC2(CCN(Cc3cccc(C)n3)C2=O)C1.O=C(O)C(F)(F)F.O=C(O)C(F)(F)F. The Morgan fingerprint density at radius 3 is 2.11 bits per heavy atom. The van der Waals surface area contributed by atoms with E-state index in [0.29, 0.717) is 12.5 Å². The minimum absolute atomic E-state index is 0.171. The molecule has 1 aromatic heterocycles. The molecule has 0 saturated carbocycles. The number of nitrogens with zero attached hydrogens (tertiary/aromatic N) is 3. The molecule has 15 heteroatoms. The highest BCUT2D eigenvalue weighted by Gasteiger charge is 2.48. The molecule has 9 nitrogen and oxygen atoms in total. The number of pyridine rings is 1. The second kappa shape index (κ2) is 13.6. The van der Waals surface area contributed by atoms with Crippen LogP contribution in [0.2, 0.25) is 0 Å². The number of piperidine rings is 1. The molecular formula is C22H29F6N3O6. The topological polar surface area (TPSA) is 120 Å². The van der Waals surface area contributed by atoms with Crippen LogP contribution in [0.4, 0.5) is 26.3 Å². The van der Waals surface area contributed by atoms with E-state index in [2.05, 4.69) is 9.88 Å². The van der Waals surface area contributed by atoms with Crippen LogP contribution in [-0.4, -0.2) is 95.1 Å². The fraction of sp³-hybridized carbons (Fsp3) is 0.636. The summed E-state index contributed by atoms with van der Waals surface area (Å²) in [7, 11) is 1.73. The standard InChI is InChI=1S/C18H27N3O2.2C2HF3O2/c1-15-5-3-6-16(19-15)13-21-10-8-18(17(21)22)7-4-9-20(14-18)11-12-23-2;2*3-2(4,5)1(6)7/h3,5-6H,4,7-14H2,1-2H3;2*(H,6,7). The second-order valence-corrected chi connectivity index (χ2v) is 8.51. The molecule has 0 bridgehead atoms. The maximum Gasteiger partial charge on any atom is 0.490 e. The third-order valence-corrected chi connectivity index (χ3v) is 5.65. The Kier molecular flexibility index (Phi) is 11.8. The van der Waals surface area contributed by atoms with Crippen LogP contribution in [0.15, 0.2) is 18.2 Å². The number of alkyl halides is 6. The number of hydrogen-bond donors (Lipinski definition) is 2. The zero-order chi connectivity index (χ0) is 28.4. The van der Waals surface area contributed by atoms with Crippen molar-refractivity contribution in [2.24, 2.45) is 5.41 Å². The number of likely N-dealkylation sites (tertiary alicyclic amines) is 2. The third-order valence-electron chi connectivity index (χ3n) is 5.65. The summed E-state index contributed by atoms with van der Waals surface area (Å²) in [6, 6.07) is 6.02. The lowest BCUT2D eigenvalue weighted by atomic mass is 9.78. The summed E-state index contributed by atoms with van der Waals surface area (Å²) in [6.07, 6.45) is -7.07. The fourth-order valence-corrected chi connectivity index (χ4v) is 3.94. The summed E-state index contributed by atoms with van der Waals surface area (Å²) in [4.78, 5) is 39.8. The number of aliphatic carboxylic acids is 2. The van der Waals surface area contributed by atoms with Crippen LogP contribution >= 0.6 is 0 Å². The molecule has 2 aliphatic rings. The number of rotatable bonds is 5. The number of carbonyl (C=O) groups excluding carboxylic acids is 1. The molecule has 1 atom stereocenters. The molecule has 3 heterocycles. The number of ether oxygens (including phenoxy) is 1. The molecule has 1 aromatic rings. The molecule has 1 amide bonds. The lowest BCUT2D eigenvalue weighted by molar-refractivity contribution is -0.193. The van der Waals surface area contributed by atoms with Gasteiger partial charge >= 0.3 is 24.3 Å². The lowest BCUT2D eigenvalue weighted by Crippen LogP contribution is -2.48. The molecule has 0 aliphatic carbocycles. The van der Waals surface area contributed by atoms with Crippen molar-refractivity contribution in [2.75, 3.05) is 39.9 Å². The normalized spacial score (nSPS) is 20.1. The number of aromatic nitrogens is 1. The van der Waals surface area contributed by atoms with E-state index in [-0.39, 0.29) is 5.41 Å². The highest BCUT2D eigenvalue weighted by Crippen LogP contribution is 2.40. The van der Waals surface area contributed by atoms with Crippen LogP contribution in [0.3, 0.4) is 0 Å². The highest BCUT2D eigenvalue weighted by atomic mass is 19.4. The molecule has 2 saturated heterocycles. The predicted molar refractivity (Wildman–Crippen MR) is 116 cm³/mol. The molecule has 2 N–H and O–H groups in total. The first kappa shape index (κ1) is 32.1. The van der Waals surface area contributed by atoms with Gasteiger partial charge in [0.1, 0.15) is 0 Å². The smallest absolute Gasteiger partial charge is 0.475 e. The van der Waals surface area contributed by atoms with E-state index in [4.69, 9.17) is 24.5 Å². The first-order valence-corrected chi connectivity index (χ1v) is 11.1. The first-order chi connectivity index (χ1) is 17.0. The van der Waals surface area contributed by atoms with E-state index < -0.39 is 24.3 Å². The molecule has 2 aliphatic heterocycles. The van der Waals surface area contributed by atoms with Crippen LogP contribution in [0, 0.1) is 12.3 Å². The molecular weight excluding hydrogens is 516 g/mol. The molecule has 210 valence electrons. The number of carbonyl (C=O) groups is 3. The molecule has 2 fully saturated rings. The Bertz CT molecular complexity index is 903. The first-order valence-electron chi connectivity index (χ1n) is 11.1. The van der Waals surface area contributed by atoms with Gasteiger partial charge < -0.3 is 19.8 Å². The summed E-state index contributed by atoms with van der Waals surface area (Å²) < 4.78 is 68.7. The Labute approximate surface area is 209 Å². The van der Waals surface area contributed by atoms with Crippen molar-refractivity contribution in [2.45, 2.75) is 45.1 Å². The van der Waals surface area contributed by atoms with Gasteiger partial charge in [-0.3, -0.25) is 14.7 Å². The van der Waals surface area contributed by atoms with Gasteiger partial charge in [0.15, 0.2) is 0 Å². The number of aryl methyl sites for hydroxylation is 1. The number of carboxylic acid groups (broad SMARTS) is 2. The minimum Gasteiger partial charge on any atom is -0.475 e. The van der Waals surface area contributed by atoms with Crippen molar-refractivity contribution >= 4 is 17.8 Å². The van der Waals surface area contributed by atoms with Crippen molar-refractivity contribution in [1.82, 2.24) is 14.8 Å². The van der Waals surface area contributed by atoms with E-state index in [9.17, 15) is 31.1 Å². The Morgan fingerprint density at radius 2 is 1.62 bits per heavy atom. The Morgan fingerprint density at radius 1 is 1.05 bits per heavy atom. The molecule has 37 heavy (non-hydrogen) atoms. The third kappa shape index (κ3) is 10.5. The lowest BCUT2D eigenvalue weighted by Gasteiger charge is -2.39. The van der Waals surface area contributed by atoms with Crippen LogP contribution in [-0.2, 0) is 25.7 Å².